The van der Waals surface area contributed by atoms with Crippen LogP contribution in [-0.2, 0) is 5.54 Å². The van der Waals surface area contributed by atoms with Gasteiger partial charge in [-0.15, -0.1) is 0 Å². The Labute approximate surface area is 84.1 Å². The van der Waals surface area contributed by atoms with Gasteiger partial charge >= 0.3 is 0 Å². The molecule has 74 valence electrons. The van der Waals surface area contributed by atoms with Crippen LogP contribution in [-0.4, -0.2) is 7.11 Å². The summed E-state index contributed by atoms with van der Waals surface area (Å²) < 4.78 is 5.19. The van der Waals surface area contributed by atoms with Gasteiger partial charge in [-0.2, -0.15) is 5.26 Å². The average molecular weight is 190 g/mol. The summed E-state index contributed by atoms with van der Waals surface area (Å²) in [7, 11) is 1.60. The van der Waals surface area contributed by atoms with E-state index in [1.807, 2.05) is 31.2 Å². The number of para-hydroxylation sites is 1. The maximum atomic E-state index is 8.66. The minimum Gasteiger partial charge on any atom is -0.496 e. The van der Waals surface area contributed by atoms with Crippen LogP contribution in [0.4, 0.5) is 0 Å². The van der Waals surface area contributed by atoms with Crippen molar-refractivity contribution in [2.75, 3.05) is 7.11 Å². The molecule has 14 heavy (non-hydrogen) atoms. The number of hydrogen-bond acceptors (Lipinski definition) is 3. The van der Waals surface area contributed by atoms with Crippen LogP contribution in [0.1, 0.15) is 18.9 Å². The molecule has 0 heterocycles. The van der Waals surface area contributed by atoms with Crippen molar-refractivity contribution in [3.05, 3.63) is 29.8 Å². The van der Waals surface area contributed by atoms with E-state index in [0.29, 0.717) is 0 Å². The van der Waals surface area contributed by atoms with E-state index in [1.165, 1.54) is 0 Å². The van der Waals surface area contributed by atoms with E-state index in [9.17, 15) is 0 Å². The Bertz CT molecular complexity index is 353. The number of benzene rings is 1. The predicted molar refractivity (Wildman–Crippen MR) is 54.8 cm³/mol. The molecule has 1 aromatic carbocycles. The molecule has 0 aromatic heterocycles. The second-order valence-corrected chi connectivity index (χ2v) is 3.45. The number of ether oxygens (including phenoxy) is 1. The second kappa shape index (κ2) is 4.12. The Hall–Kier alpha value is -1.53. The van der Waals surface area contributed by atoms with Crippen LogP contribution in [0.15, 0.2) is 24.3 Å². The molecule has 3 nitrogen and oxygen atoms in total. The molecule has 0 aliphatic heterocycles. The molecule has 1 rings (SSSR count). The van der Waals surface area contributed by atoms with Gasteiger partial charge in [-0.1, -0.05) is 18.2 Å². The molecule has 2 N–H and O–H groups in total. The smallest absolute Gasteiger partial charge is 0.123 e. The maximum Gasteiger partial charge on any atom is 0.123 e. The molecular weight excluding hydrogens is 176 g/mol. The highest BCUT2D eigenvalue weighted by Gasteiger charge is 2.24. The van der Waals surface area contributed by atoms with Gasteiger partial charge in [0.15, 0.2) is 0 Å². The Balaban J connectivity index is 3.11. The fourth-order valence-corrected chi connectivity index (χ4v) is 1.38. The first-order valence-electron chi connectivity index (χ1n) is 4.41. The zero-order valence-electron chi connectivity index (χ0n) is 8.45. The summed E-state index contributed by atoms with van der Waals surface area (Å²) in [6.45, 7) is 1.83. The zero-order chi connectivity index (χ0) is 10.6. The summed E-state index contributed by atoms with van der Waals surface area (Å²) in [5.74, 6) is 0.729. The molecule has 3 heteroatoms. The first kappa shape index (κ1) is 10.6. The van der Waals surface area contributed by atoms with Crippen molar-refractivity contribution in [2.45, 2.75) is 18.9 Å². The third-order valence-corrected chi connectivity index (χ3v) is 2.17. The molecule has 0 fully saturated rings. The molecule has 0 aliphatic rings. The second-order valence-electron chi connectivity index (χ2n) is 3.45. The number of methoxy groups -OCH3 is 1. The number of nitriles is 1. The Morgan fingerprint density at radius 1 is 1.50 bits per heavy atom. The van der Waals surface area contributed by atoms with Crippen LogP contribution in [0, 0.1) is 11.3 Å². The van der Waals surface area contributed by atoms with Crippen LogP contribution in [0.25, 0.3) is 0 Å². The van der Waals surface area contributed by atoms with Crippen molar-refractivity contribution < 1.29 is 4.74 Å². The van der Waals surface area contributed by atoms with E-state index in [1.54, 1.807) is 7.11 Å². The summed E-state index contributed by atoms with van der Waals surface area (Å²) >= 11 is 0. The van der Waals surface area contributed by atoms with Crippen molar-refractivity contribution in [1.82, 2.24) is 0 Å². The molecular formula is C11H14N2O. The maximum absolute atomic E-state index is 8.66. The largest absolute Gasteiger partial charge is 0.496 e. The highest BCUT2D eigenvalue weighted by molar-refractivity contribution is 5.38. The van der Waals surface area contributed by atoms with Crippen LogP contribution < -0.4 is 10.5 Å². The minimum absolute atomic E-state index is 0.271. The highest BCUT2D eigenvalue weighted by Crippen LogP contribution is 2.29. The molecule has 0 saturated carbocycles. The first-order chi connectivity index (χ1) is 6.61. The van der Waals surface area contributed by atoms with Gasteiger partial charge in [0, 0.05) is 5.56 Å². The zero-order valence-corrected chi connectivity index (χ0v) is 8.45. The third kappa shape index (κ3) is 2.04. The molecule has 0 spiro atoms. The van der Waals surface area contributed by atoms with Crippen molar-refractivity contribution in [2.24, 2.45) is 5.73 Å². The highest BCUT2D eigenvalue weighted by atomic mass is 16.5. The van der Waals surface area contributed by atoms with E-state index in [4.69, 9.17) is 15.7 Å². The van der Waals surface area contributed by atoms with Crippen molar-refractivity contribution in [3.63, 3.8) is 0 Å². The number of nitrogens with zero attached hydrogens (tertiary/aromatic N) is 1. The minimum atomic E-state index is -0.651. The summed E-state index contributed by atoms with van der Waals surface area (Å²) in [5.41, 5.74) is 6.24. The summed E-state index contributed by atoms with van der Waals surface area (Å²) in [5, 5.41) is 8.66. The van der Waals surface area contributed by atoms with Gasteiger partial charge in [0.2, 0.25) is 0 Å². The van der Waals surface area contributed by atoms with Crippen LogP contribution in [0.2, 0.25) is 0 Å². The van der Waals surface area contributed by atoms with E-state index in [0.717, 1.165) is 11.3 Å². The fourth-order valence-electron chi connectivity index (χ4n) is 1.38. The van der Waals surface area contributed by atoms with Gasteiger partial charge in [0.25, 0.3) is 0 Å². The van der Waals surface area contributed by atoms with Crippen molar-refractivity contribution in [3.8, 4) is 11.8 Å². The quantitative estimate of drug-likeness (QED) is 0.790. The molecule has 0 aliphatic carbocycles. The molecule has 0 unspecified atom stereocenters. The van der Waals surface area contributed by atoms with Crippen LogP contribution >= 0.6 is 0 Å². The third-order valence-electron chi connectivity index (χ3n) is 2.17. The Morgan fingerprint density at radius 2 is 2.14 bits per heavy atom. The summed E-state index contributed by atoms with van der Waals surface area (Å²) in [4.78, 5) is 0. The number of rotatable bonds is 3. The summed E-state index contributed by atoms with van der Waals surface area (Å²) in [6.07, 6.45) is 0.271. The topological polar surface area (TPSA) is 59.0 Å². The van der Waals surface area contributed by atoms with E-state index >= 15 is 0 Å². The van der Waals surface area contributed by atoms with Gasteiger partial charge in [-0.3, -0.25) is 0 Å². The van der Waals surface area contributed by atoms with E-state index in [-0.39, 0.29) is 6.42 Å². The number of hydrogen-bond donors (Lipinski definition) is 1. The van der Waals surface area contributed by atoms with Gasteiger partial charge in [-0.05, 0) is 13.0 Å². The van der Waals surface area contributed by atoms with Crippen LogP contribution in [0.5, 0.6) is 5.75 Å². The normalized spacial score (nSPS) is 14.1. The molecule has 1 atom stereocenters. The molecule has 0 radical (unpaired) electrons. The fraction of sp³-hybridized carbons (Fsp3) is 0.364. The van der Waals surface area contributed by atoms with Gasteiger partial charge in [0.1, 0.15) is 5.75 Å². The molecule has 0 bridgehead atoms. The lowest BCUT2D eigenvalue weighted by atomic mass is 9.90. The van der Waals surface area contributed by atoms with E-state index < -0.39 is 5.54 Å². The lowest BCUT2D eigenvalue weighted by molar-refractivity contribution is 0.389. The van der Waals surface area contributed by atoms with Crippen LogP contribution in [0.3, 0.4) is 0 Å². The SMILES string of the molecule is COc1ccccc1[C@](C)(N)CC#N. The Morgan fingerprint density at radius 3 is 2.71 bits per heavy atom. The standard InChI is InChI=1S/C11H14N2O/c1-11(13,7-8-12)9-5-3-4-6-10(9)14-2/h3-6H,7,13H2,1-2H3/t11-/m1/s1. The average Bonchev–Trinajstić information content (AvgIpc) is 2.18. The molecule has 0 amide bonds. The molecule has 1 aromatic rings. The number of nitrogens with two attached hydrogens (primary N) is 1. The van der Waals surface area contributed by atoms with E-state index in [2.05, 4.69) is 6.07 Å². The lowest BCUT2D eigenvalue weighted by Crippen LogP contribution is -2.32. The van der Waals surface area contributed by atoms with Gasteiger partial charge < -0.3 is 10.5 Å². The Kier molecular flexibility index (Phi) is 3.10. The van der Waals surface area contributed by atoms with Crippen molar-refractivity contribution >= 4 is 0 Å². The van der Waals surface area contributed by atoms with Gasteiger partial charge in [0.05, 0.1) is 25.1 Å². The predicted octanol–water partition coefficient (Wildman–Crippen LogP) is 1.78. The first-order valence-corrected chi connectivity index (χ1v) is 4.41. The monoisotopic (exact) mass is 190 g/mol. The lowest BCUT2D eigenvalue weighted by Gasteiger charge is -2.23. The summed E-state index contributed by atoms with van der Waals surface area (Å²) in [6, 6.07) is 9.58. The van der Waals surface area contributed by atoms with Crippen molar-refractivity contribution in [1.29, 1.82) is 5.26 Å². The molecule has 0 saturated heterocycles. The van der Waals surface area contributed by atoms with Gasteiger partial charge in [-0.25, -0.2) is 0 Å².